The molecule has 0 aliphatic carbocycles. The van der Waals surface area contributed by atoms with Crippen molar-refractivity contribution >= 4 is 17.9 Å². The number of nitrogens with two attached hydrogens (primary N) is 1. The molecule has 1 aromatic carbocycles. The molecule has 146 valence electrons. The van der Waals surface area contributed by atoms with E-state index in [9.17, 15) is 9.18 Å². The number of benzene rings is 1. The second-order valence-electron chi connectivity index (χ2n) is 6.45. The molecule has 8 heteroatoms. The lowest BCUT2D eigenvalue weighted by atomic mass is 10.1. The number of amides is 1. The molecule has 0 spiro atoms. The Morgan fingerprint density at radius 2 is 2.11 bits per heavy atom. The van der Waals surface area contributed by atoms with E-state index >= 15 is 0 Å². The van der Waals surface area contributed by atoms with Crippen molar-refractivity contribution in [2.75, 3.05) is 0 Å². The second kappa shape index (κ2) is 8.88. The first-order chi connectivity index (χ1) is 13.4. The molecule has 0 bridgehead atoms. The van der Waals surface area contributed by atoms with Gasteiger partial charge in [0.05, 0.1) is 17.9 Å². The van der Waals surface area contributed by atoms with E-state index in [1.165, 1.54) is 23.9 Å². The van der Waals surface area contributed by atoms with Crippen molar-refractivity contribution in [2.45, 2.75) is 42.8 Å². The van der Waals surface area contributed by atoms with Crippen LogP contribution in [0.1, 0.15) is 37.0 Å². The molecule has 0 unspecified atom stereocenters. The maximum atomic E-state index is 13.7. The molecule has 2 N–H and O–H groups in total. The number of primary amides is 1. The molecular weight excluding hydrogens is 379 g/mol. The predicted octanol–water partition coefficient (Wildman–Crippen LogP) is 4.34. The Bertz CT molecular complexity index is 960. The normalized spacial score (nSPS) is 11.0. The fourth-order valence-corrected chi connectivity index (χ4v) is 3.90. The third-order valence-electron chi connectivity index (χ3n) is 3.97. The number of pyridine rings is 1. The number of halogens is 1. The van der Waals surface area contributed by atoms with Crippen molar-refractivity contribution in [3.63, 3.8) is 0 Å². The summed E-state index contributed by atoms with van der Waals surface area (Å²) in [5, 5.41) is 0.856. The molecule has 3 rings (SSSR count). The largest absolute Gasteiger partial charge is 0.442 e. The average Bonchev–Trinajstić information content (AvgIpc) is 2.98. The Balaban J connectivity index is 2.06. The lowest BCUT2D eigenvalue weighted by Crippen LogP contribution is -2.16. The minimum Gasteiger partial charge on any atom is -0.442 e. The van der Waals surface area contributed by atoms with Crippen LogP contribution in [-0.2, 0) is 17.9 Å². The van der Waals surface area contributed by atoms with Gasteiger partial charge in [0.2, 0.25) is 0 Å². The van der Waals surface area contributed by atoms with E-state index in [0.717, 1.165) is 21.3 Å². The summed E-state index contributed by atoms with van der Waals surface area (Å²) in [6.45, 7) is 4.45. The summed E-state index contributed by atoms with van der Waals surface area (Å²) < 4.78 is 20.6. The molecule has 2 aromatic heterocycles. The van der Waals surface area contributed by atoms with Crippen LogP contribution in [0.5, 0.6) is 0 Å². The first-order valence-electron chi connectivity index (χ1n) is 8.79. The van der Waals surface area contributed by atoms with Crippen molar-refractivity contribution in [1.29, 1.82) is 0 Å². The van der Waals surface area contributed by atoms with Crippen LogP contribution in [0.25, 0.3) is 0 Å². The molecule has 0 aliphatic heterocycles. The van der Waals surface area contributed by atoms with Gasteiger partial charge < -0.3 is 15.0 Å². The van der Waals surface area contributed by atoms with E-state index in [2.05, 4.69) is 9.97 Å². The summed E-state index contributed by atoms with van der Waals surface area (Å²) in [4.78, 5) is 20.9. The Morgan fingerprint density at radius 3 is 2.75 bits per heavy atom. The maximum absolute atomic E-state index is 13.7. The van der Waals surface area contributed by atoms with Gasteiger partial charge in [-0.25, -0.2) is 14.2 Å². The van der Waals surface area contributed by atoms with Crippen molar-refractivity contribution in [1.82, 2.24) is 14.5 Å². The first-order valence-corrected chi connectivity index (χ1v) is 9.60. The van der Waals surface area contributed by atoms with Gasteiger partial charge in [-0.3, -0.25) is 4.98 Å². The Kier molecular flexibility index (Phi) is 6.30. The van der Waals surface area contributed by atoms with Crippen molar-refractivity contribution in [3.05, 3.63) is 71.7 Å². The van der Waals surface area contributed by atoms with E-state index in [1.807, 2.05) is 42.7 Å². The third kappa shape index (κ3) is 4.89. The highest BCUT2D eigenvalue weighted by Gasteiger charge is 2.22. The van der Waals surface area contributed by atoms with E-state index in [-0.39, 0.29) is 18.3 Å². The highest BCUT2D eigenvalue weighted by Crippen LogP contribution is 2.35. The average molecular weight is 400 g/mol. The number of aromatic nitrogens is 3. The van der Waals surface area contributed by atoms with Crippen molar-refractivity contribution in [2.24, 2.45) is 5.73 Å². The number of hydrogen-bond donors (Lipinski definition) is 1. The number of imidazole rings is 1. The van der Waals surface area contributed by atoms with Crippen LogP contribution in [0.2, 0.25) is 0 Å². The summed E-state index contributed by atoms with van der Waals surface area (Å²) >= 11 is 1.42. The number of hydrogen-bond acceptors (Lipinski definition) is 5. The zero-order valence-electron chi connectivity index (χ0n) is 15.6. The molecule has 0 saturated carbocycles. The summed E-state index contributed by atoms with van der Waals surface area (Å²) in [5.41, 5.74) is 6.80. The second-order valence-corrected chi connectivity index (χ2v) is 7.51. The number of rotatable bonds is 7. The first kappa shape index (κ1) is 19.9. The zero-order valence-corrected chi connectivity index (χ0v) is 16.4. The molecule has 2 heterocycles. The van der Waals surface area contributed by atoms with Gasteiger partial charge in [-0.1, -0.05) is 37.7 Å². The summed E-state index contributed by atoms with van der Waals surface area (Å²) in [7, 11) is 0. The quantitative estimate of drug-likeness (QED) is 0.638. The number of carbonyl (C=O) groups is 1. The van der Waals surface area contributed by atoms with E-state index < -0.39 is 6.09 Å². The summed E-state index contributed by atoms with van der Waals surface area (Å²) in [6, 6.07) is 12.1. The predicted molar refractivity (Wildman–Crippen MR) is 105 cm³/mol. The van der Waals surface area contributed by atoms with E-state index in [0.29, 0.717) is 12.4 Å². The maximum Gasteiger partial charge on any atom is 0.404 e. The van der Waals surface area contributed by atoms with Gasteiger partial charge in [0.25, 0.3) is 0 Å². The SMILES string of the molecule is CC(C)c1nc(COC(N)=O)n(Cc2ccccn2)c1Sc1cccc(F)c1. The smallest absolute Gasteiger partial charge is 0.404 e. The Morgan fingerprint density at radius 1 is 1.29 bits per heavy atom. The molecule has 0 fully saturated rings. The molecule has 28 heavy (non-hydrogen) atoms. The van der Waals surface area contributed by atoms with Crippen LogP contribution in [0.15, 0.2) is 58.6 Å². The number of nitrogens with zero attached hydrogens (tertiary/aromatic N) is 3. The zero-order chi connectivity index (χ0) is 20.1. The molecule has 0 radical (unpaired) electrons. The highest BCUT2D eigenvalue weighted by molar-refractivity contribution is 7.99. The highest BCUT2D eigenvalue weighted by atomic mass is 32.2. The summed E-state index contributed by atoms with van der Waals surface area (Å²) in [6.07, 6.45) is 0.854. The topological polar surface area (TPSA) is 83.0 Å². The Hall–Kier alpha value is -2.87. The van der Waals surface area contributed by atoms with Gasteiger partial charge in [0.1, 0.15) is 16.7 Å². The minimum absolute atomic E-state index is 0.0500. The fourth-order valence-electron chi connectivity index (χ4n) is 2.69. The van der Waals surface area contributed by atoms with Crippen molar-refractivity contribution in [3.8, 4) is 0 Å². The minimum atomic E-state index is -0.863. The van der Waals surface area contributed by atoms with Crippen LogP contribution in [0.3, 0.4) is 0 Å². The monoisotopic (exact) mass is 400 g/mol. The molecule has 1 amide bonds. The van der Waals surface area contributed by atoms with E-state index in [4.69, 9.17) is 10.5 Å². The van der Waals surface area contributed by atoms with Crippen molar-refractivity contribution < 1.29 is 13.9 Å². The molecule has 3 aromatic rings. The number of ether oxygens (including phenoxy) is 1. The van der Waals surface area contributed by atoms with Gasteiger partial charge in [-0.15, -0.1) is 0 Å². The lowest BCUT2D eigenvalue weighted by Gasteiger charge is -2.13. The Labute approximate surface area is 166 Å². The molecule has 0 atom stereocenters. The third-order valence-corrected chi connectivity index (χ3v) is 5.09. The van der Waals surface area contributed by atoms with Gasteiger partial charge in [-0.2, -0.15) is 0 Å². The molecule has 6 nitrogen and oxygen atoms in total. The van der Waals surface area contributed by atoms with Crippen LogP contribution < -0.4 is 5.73 Å². The van der Waals surface area contributed by atoms with Crippen LogP contribution >= 0.6 is 11.8 Å². The van der Waals surface area contributed by atoms with Gasteiger partial charge in [0, 0.05) is 11.1 Å². The molecular formula is C20H21FN4O2S. The fraction of sp³-hybridized carbons (Fsp3) is 0.250. The van der Waals surface area contributed by atoms with Crippen LogP contribution in [0, 0.1) is 5.82 Å². The van der Waals surface area contributed by atoms with Crippen LogP contribution in [-0.4, -0.2) is 20.6 Å². The number of carbonyl (C=O) groups excluding carboxylic acids is 1. The van der Waals surface area contributed by atoms with Gasteiger partial charge in [0.15, 0.2) is 6.61 Å². The summed E-state index contributed by atoms with van der Waals surface area (Å²) in [5.74, 6) is 0.379. The van der Waals surface area contributed by atoms with E-state index in [1.54, 1.807) is 12.3 Å². The molecule has 0 saturated heterocycles. The van der Waals surface area contributed by atoms with Gasteiger partial charge >= 0.3 is 6.09 Å². The lowest BCUT2D eigenvalue weighted by molar-refractivity contribution is 0.145. The molecule has 0 aliphatic rings. The van der Waals surface area contributed by atoms with Gasteiger partial charge in [-0.05, 0) is 36.2 Å². The van der Waals surface area contributed by atoms with Crippen LogP contribution in [0.4, 0.5) is 9.18 Å². The standard InChI is InChI=1S/C20H21FN4O2S/c1-13(2)18-19(28-16-8-5-6-14(21)10-16)25(11-15-7-3-4-9-23-15)17(24-18)12-27-20(22)26/h3-10,13H,11-12H2,1-2H3,(H2,22,26).